The Hall–Kier alpha value is -3.50. The van der Waals surface area contributed by atoms with Gasteiger partial charge in [-0.1, -0.05) is 18.1 Å². The summed E-state index contributed by atoms with van der Waals surface area (Å²) in [6.07, 6.45) is -3.83. The lowest BCUT2D eigenvalue weighted by Crippen LogP contribution is -2.63. The van der Waals surface area contributed by atoms with Crippen LogP contribution in [0.3, 0.4) is 0 Å². The number of hydrogen-bond acceptors (Lipinski definition) is 8. The average molecular weight is 613 g/mol. The zero-order valence-corrected chi connectivity index (χ0v) is 22.8. The van der Waals surface area contributed by atoms with Crippen LogP contribution in [0, 0.1) is 29.1 Å². The average Bonchev–Trinajstić information content (AvgIpc) is 3.45. The number of hydrogen-bond donors (Lipinski definition) is 3. The molecule has 1 aromatic heterocycles. The number of anilines is 1. The van der Waals surface area contributed by atoms with Crippen LogP contribution < -0.4 is 4.90 Å². The number of aliphatic hydroxyl groups is 3. The second-order valence-corrected chi connectivity index (χ2v) is 10.6. The molecule has 1 saturated heterocycles. The van der Waals surface area contributed by atoms with Crippen molar-refractivity contribution in [1.29, 1.82) is 0 Å². The number of nitrogens with zero attached hydrogens (tertiary/aromatic N) is 4. The van der Waals surface area contributed by atoms with E-state index in [0.717, 1.165) is 21.7 Å². The number of carbonyl (C=O) groups is 1. The van der Waals surface area contributed by atoms with E-state index in [9.17, 15) is 42.1 Å². The van der Waals surface area contributed by atoms with E-state index in [1.807, 2.05) is 0 Å². The van der Waals surface area contributed by atoms with E-state index in [4.69, 9.17) is 9.47 Å². The Bertz CT molecular complexity index is 1430. The van der Waals surface area contributed by atoms with Crippen LogP contribution in [0.2, 0.25) is 0 Å². The van der Waals surface area contributed by atoms with Crippen LogP contribution in [0.15, 0.2) is 36.5 Å². The fourth-order valence-electron chi connectivity index (χ4n) is 5.81. The van der Waals surface area contributed by atoms with Gasteiger partial charge < -0.3 is 29.7 Å². The highest BCUT2D eigenvalue weighted by Gasteiger charge is 2.52. The molecule has 3 aromatic rings. The third-order valence-corrected chi connectivity index (χ3v) is 7.87. The summed E-state index contributed by atoms with van der Waals surface area (Å²) in [5.74, 6) is -7.40. The maximum Gasteiger partial charge on any atom is 0.259 e. The summed E-state index contributed by atoms with van der Waals surface area (Å²) < 4.78 is 82.3. The first-order valence-electron chi connectivity index (χ1n) is 13.5. The summed E-state index contributed by atoms with van der Waals surface area (Å²) >= 11 is 0. The number of aliphatic hydroxyl groups excluding tert-OH is 3. The predicted octanol–water partition coefficient (Wildman–Crippen LogP) is 2.65. The van der Waals surface area contributed by atoms with Gasteiger partial charge in [0.1, 0.15) is 41.7 Å². The highest BCUT2D eigenvalue weighted by atomic mass is 19.2. The number of aromatic nitrogens is 3. The van der Waals surface area contributed by atoms with Gasteiger partial charge in [0, 0.05) is 24.4 Å². The number of methoxy groups -OCH3 is 1. The van der Waals surface area contributed by atoms with E-state index in [1.54, 1.807) is 0 Å². The van der Waals surface area contributed by atoms with Crippen molar-refractivity contribution in [2.75, 3.05) is 18.6 Å². The topological polar surface area (TPSA) is 130 Å². The molecule has 0 spiro atoms. The number of benzene rings is 2. The lowest BCUT2D eigenvalue weighted by Gasteiger charge is -2.46. The summed E-state index contributed by atoms with van der Waals surface area (Å²) in [5, 5.41) is 39.7. The standard InChI is InChI=1S/C28H29F5N4O6/c1-42-26-24(36-11-19(34-35-36)13-6-17(31)23(33)18(32)7-13)25(40)22(12-38)43-27(26)28(41)37(20-4-2-3-5-21(20)39)16-9-14(29)8-15(30)10-16/h6-11,20-22,24-27,38-40H,2-5,12H2,1H3/t20-,21-,22?,24?,25?,26?,27?/m0/s1. The highest BCUT2D eigenvalue weighted by Crippen LogP contribution is 2.37. The van der Waals surface area contributed by atoms with E-state index in [2.05, 4.69) is 10.3 Å². The van der Waals surface area contributed by atoms with E-state index >= 15 is 0 Å². The molecule has 0 radical (unpaired) electrons. The monoisotopic (exact) mass is 612 g/mol. The van der Waals surface area contributed by atoms with Gasteiger partial charge in [-0.15, -0.1) is 5.10 Å². The van der Waals surface area contributed by atoms with Crippen molar-refractivity contribution in [3.63, 3.8) is 0 Å². The van der Waals surface area contributed by atoms with Gasteiger partial charge in [-0.05, 0) is 37.1 Å². The van der Waals surface area contributed by atoms with Crippen molar-refractivity contribution in [3.05, 3.63) is 65.6 Å². The van der Waals surface area contributed by atoms with Crippen LogP contribution in [-0.2, 0) is 14.3 Å². The molecule has 15 heteroatoms. The van der Waals surface area contributed by atoms with Crippen molar-refractivity contribution in [1.82, 2.24) is 15.0 Å². The molecule has 10 nitrogen and oxygen atoms in total. The molecule has 3 N–H and O–H groups in total. The molecule has 43 heavy (non-hydrogen) atoms. The summed E-state index contributed by atoms with van der Waals surface area (Å²) in [6.45, 7) is -0.769. The number of amides is 1. The van der Waals surface area contributed by atoms with Crippen molar-refractivity contribution in [2.24, 2.45) is 0 Å². The molecule has 1 amide bonds. The lowest BCUT2D eigenvalue weighted by atomic mass is 9.88. The minimum absolute atomic E-state index is 0.114. The fraction of sp³-hybridized carbons (Fsp3) is 0.464. The number of ether oxygens (including phenoxy) is 2. The Balaban J connectivity index is 1.55. The maximum atomic E-state index is 14.3. The van der Waals surface area contributed by atoms with E-state index < -0.39 is 84.2 Å². The van der Waals surface area contributed by atoms with Crippen molar-refractivity contribution >= 4 is 11.6 Å². The number of halogens is 5. The molecule has 5 rings (SSSR count). The van der Waals surface area contributed by atoms with Crippen LogP contribution in [-0.4, -0.2) is 86.5 Å². The van der Waals surface area contributed by atoms with Crippen molar-refractivity contribution in [3.8, 4) is 11.3 Å². The summed E-state index contributed by atoms with van der Waals surface area (Å²) in [4.78, 5) is 15.3. The SMILES string of the molecule is COC1C(C(=O)N(c2cc(F)cc(F)c2)[C@H]2CCCC[C@@H]2O)OC(CO)C(O)C1n1cc(-c2cc(F)c(F)c(F)c2)nn1. The molecule has 2 fully saturated rings. The van der Waals surface area contributed by atoms with Crippen LogP contribution in [0.5, 0.6) is 0 Å². The van der Waals surface area contributed by atoms with Crippen molar-refractivity contribution < 1.29 is 51.5 Å². The van der Waals surface area contributed by atoms with Crippen LogP contribution in [0.1, 0.15) is 31.7 Å². The second-order valence-electron chi connectivity index (χ2n) is 10.6. The Morgan fingerprint density at radius 2 is 1.70 bits per heavy atom. The molecule has 1 aliphatic carbocycles. The van der Waals surface area contributed by atoms with Crippen molar-refractivity contribution in [2.45, 2.75) is 68.3 Å². The zero-order chi connectivity index (χ0) is 31.0. The van der Waals surface area contributed by atoms with Gasteiger partial charge in [-0.25, -0.2) is 26.6 Å². The van der Waals surface area contributed by atoms with Gasteiger partial charge in [-0.2, -0.15) is 0 Å². The molecule has 2 heterocycles. The van der Waals surface area contributed by atoms with Gasteiger partial charge in [-0.3, -0.25) is 4.79 Å². The van der Waals surface area contributed by atoms with Gasteiger partial charge >= 0.3 is 0 Å². The van der Waals surface area contributed by atoms with Gasteiger partial charge in [0.2, 0.25) is 0 Å². The normalized spacial score (nSPS) is 27.7. The van der Waals surface area contributed by atoms with Gasteiger partial charge in [0.15, 0.2) is 23.6 Å². The Labute approximate surface area is 242 Å². The van der Waals surface area contributed by atoms with Gasteiger partial charge in [0.25, 0.3) is 5.91 Å². The maximum absolute atomic E-state index is 14.3. The summed E-state index contributed by atoms with van der Waals surface area (Å²) in [5.41, 5.74) is -0.467. The van der Waals surface area contributed by atoms with Gasteiger partial charge in [0.05, 0.1) is 24.9 Å². The molecule has 1 saturated carbocycles. The number of rotatable bonds is 7. The smallest absolute Gasteiger partial charge is 0.259 e. The Kier molecular flexibility index (Phi) is 9.08. The van der Waals surface area contributed by atoms with Crippen LogP contribution >= 0.6 is 0 Å². The molecule has 1 aliphatic heterocycles. The minimum Gasteiger partial charge on any atom is -0.394 e. The summed E-state index contributed by atoms with van der Waals surface area (Å²) in [6, 6.07) is 1.74. The molecule has 5 unspecified atom stereocenters. The first-order chi connectivity index (χ1) is 20.5. The lowest BCUT2D eigenvalue weighted by molar-refractivity contribution is -0.211. The zero-order valence-electron chi connectivity index (χ0n) is 22.8. The molecule has 0 bridgehead atoms. The fourth-order valence-corrected chi connectivity index (χ4v) is 5.81. The molecule has 232 valence electrons. The van der Waals surface area contributed by atoms with Crippen LogP contribution in [0.4, 0.5) is 27.6 Å². The predicted molar refractivity (Wildman–Crippen MR) is 139 cm³/mol. The second kappa shape index (κ2) is 12.6. The molecular formula is C28H29F5N4O6. The first kappa shape index (κ1) is 30.9. The largest absolute Gasteiger partial charge is 0.394 e. The third-order valence-electron chi connectivity index (χ3n) is 7.87. The van der Waals surface area contributed by atoms with Crippen LogP contribution in [0.25, 0.3) is 11.3 Å². The summed E-state index contributed by atoms with van der Waals surface area (Å²) in [7, 11) is 1.21. The quantitative estimate of drug-likeness (QED) is 0.275. The first-order valence-corrected chi connectivity index (χ1v) is 13.5. The molecule has 7 atom stereocenters. The highest BCUT2D eigenvalue weighted by molar-refractivity contribution is 5.98. The molecular weight excluding hydrogens is 583 g/mol. The third kappa shape index (κ3) is 5.99. The number of carbonyl (C=O) groups excluding carboxylic acids is 1. The molecule has 2 aliphatic rings. The van der Waals surface area contributed by atoms with E-state index in [1.165, 1.54) is 13.3 Å². The van der Waals surface area contributed by atoms with E-state index in [0.29, 0.717) is 43.9 Å². The minimum atomic E-state index is -1.67. The van der Waals surface area contributed by atoms with E-state index in [-0.39, 0.29) is 16.9 Å². The Morgan fingerprint density at radius 1 is 1.05 bits per heavy atom. The Morgan fingerprint density at radius 3 is 2.30 bits per heavy atom. The molecule has 2 aromatic carbocycles.